The molecule has 30 heavy (non-hydrogen) atoms. The van der Waals surface area contributed by atoms with Crippen molar-refractivity contribution < 1.29 is 22.7 Å². The third-order valence-electron chi connectivity index (χ3n) is 4.44. The lowest BCUT2D eigenvalue weighted by Gasteiger charge is -2.19. The Morgan fingerprint density at radius 2 is 1.57 bits per heavy atom. The second-order valence-corrected chi connectivity index (χ2v) is 9.02. The number of rotatable bonds is 8. The van der Waals surface area contributed by atoms with Gasteiger partial charge in [-0.1, -0.05) is 6.92 Å². The zero-order chi connectivity index (χ0) is 22.5. The molecule has 0 saturated carbocycles. The monoisotopic (exact) mass is 433 g/mol. The van der Waals surface area contributed by atoms with Crippen LogP contribution in [0, 0.1) is 0 Å². The second-order valence-electron chi connectivity index (χ2n) is 7.01. The van der Waals surface area contributed by atoms with E-state index in [1.165, 1.54) is 11.9 Å². The molecule has 0 aliphatic rings. The van der Waals surface area contributed by atoms with Gasteiger partial charge in [0, 0.05) is 32.4 Å². The van der Waals surface area contributed by atoms with E-state index in [4.69, 9.17) is 4.74 Å². The van der Waals surface area contributed by atoms with Gasteiger partial charge in [0.25, 0.3) is 11.8 Å². The van der Waals surface area contributed by atoms with Crippen molar-refractivity contribution in [3.05, 3.63) is 54.1 Å². The number of nitrogens with zero attached hydrogens (tertiary/aromatic N) is 2. The van der Waals surface area contributed by atoms with E-state index >= 15 is 0 Å². The van der Waals surface area contributed by atoms with Crippen LogP contribution >= 0.6 is 0 Å². The smallest absolute Gasteiger partial charge is 0.265 e. The third-order valence-corrected chi connectivity index (χ3v) is 5.65. The Labute approximate surface area is 177 Å². The summed E-state index contributed by atoms with van der Waals surface area (Å²) < 4.78 is 30.2. The molecule has 0 spiro atoms. The summed E-state index contributed by atoms with van der Waals surface area (Å²) in [5.74, 6) is 0.0173. The predicted octanol–water partition coefficient (Wildman–Crippen LogP) is 2.58. The van der Waals surface area contributed by atoms with Gasteiger partial charge in [0.1, 0.15) is 5.75 Å². The number of anilines is 2. The highest BCUT2D eigenvalue weighted by Crippen LogP contribution is 2.22. The lowest BCUT2D eigenvalue weighted by molar-refractivity contribution is -0.122. The first-order valence-electron chi connectivity index (χ1n) is 9.36. The average molecular weight is 434 g/mol. The molecule has 1 unspecified atom stereocenters. The molecule has 0 heterocycles. The van der Waals surface area contributed by atoms with Crippen molar-refractivity contribution in [1.29, 1.82) is 0 Å². The van der Waals surface area contributed by atoms with Crippen molar-refractivity contribution in [2.24, 2.45) is 0 Å². The number of nitrogens with one attached hydrogen (secondary N) is 1. The number of sulfonamides is 1. The molecule has 0 fully saturated rings. The van der Waals surface area contributed by atoms with Crippen molar-refractivity contribution in [2.45, 2.75) is 19.4 Å². The van der Waals surface area contributed by atoms with E-state index in [9.17, 15) is 18.0 Å². The highest BCUT2D eigenvalue weighted by Gasteiger charge is 2.19. The first-order valence-corrected chi connectivity index (χ1v) is 11.2. The molecule has 0 aromatic heterocycles. The lowest BCUT2D eigenvalue weighted by Crippen LogP contribution is -2.32. The van der Waals surface area contributed by atoms with E-state index in [1.807, 2.05) is 6.92 Å². The summed E-state index contributed by atoms with van der Waals surface area (Å²) in [5.41, 5.74) is 1.58. The van der Waals surface area contributed by atoms with Crippen LogP contribution in [0.25, 0.3) is 0 Å². The number of carbonyl (C=O) groups excluding carboxylic acids is 2. The van der Waals surface area contributed by atoms with Gasteiger partial charge in [0.15, 0.2) is 6.10 Å². The Bertz CT molecular complexity index is 986. The lowest BCUT2D eigenvalue weighted by atomic mass is 10.1. The van der Waals surface area contributed by atoms with Gasteiger partial charge >= 0.3 is 0 Å². The van der Waals surface area contributed by atoms with Gasteiger partial charge in [-0.25, -0.2) is 8.42 Å². The SMILES string of the molecule is CCC(Oc1ccc(N(C)S(C)(=O)=O)cc1)C(=O)Nc1ccc(C(=O)N(C)C)cc1. The largest absolute Gasteiger partial charge is 0.481 e. The minimum Gasteiger partial charge on any atom is -0.481 e. The van der Waals surface area contributed by atoms with Gasteiger partial charge in [-0.15, -0.1) is 0 Å². The van der Waals surface area contributed by atoms with Gasteiger partial charge in [-0.3, -0.25) is 13.9 Å². The molecule has 2 rings (SSSR count). The minimum atomic E-state index is -3.35. The first-order chi connectivity index (χ1) is 14.0. The summed E-state index contributed by atoms with van der Waals surface area (Å²) in [5, 5.41) is 2.78. The quantitative estimate of drug-likeness (QED) is 0.690. The van der Waals surface area contributed by atoms with Crippen LogP contribution < -0.4 is 14.4 Å². The number of hydrogen-bond acceptors (Lipinski definition) is 5. The molecule has 0 radical (unpaired) electrons. The van der Waals surface area contributed by atoms with Crippen molar-refractivity contribution in [3.63, 3.8) is 0 Å². The van der Waals surface area contributed by atoms with Crippen LogP contribution in [0.4, 0.5) is 11.4 Å². The maximum atomic E-state index is 12.6. The number of amides is 2. The number of hydrogen-bond donors (Lipinski definition) is 1. The Kier molecular flexibility index (Phi) is 7.44. The van der Waals surface area contributed by atoms with Crippen molar-refractivity contribution >= 4 is 33.2 Å². The Balaban J connectivity index is 2.04. The van der Waals surface area contributed by atoms with E-state index < -0.39 is 16.1 Å². The molecule has 2 aromatic rings. The number of benzene rings is 2. The highest BCUT2D eigenvalue weighted by molar-refractivity contribution is 7.92. The molecule has 0 aliphatic carbocycles. The molecule has 8 nitrogen and oxygen atoms in total. The van der Waals surface area contributed by atoms with Gasteiger partial charge in [0.05, 0.1) is 11.9 Å². The summed E-state index contributed by atoms with van der Waals surface area (Å²) in [7, 11) is 1.46. The molecule has 1 atom stereocenters. The molecule has 0 aliphatic heterocycles. The molecular weight excluding hydrogens is 406 g/mol. The van der Waals surface area contributed by atoms with Gasteiger partial charge in [0.2, 0.25) is 10.0 Å². The topological polar surface area (TPSA) is 96.0 Å². The maximum absolute atomic E-state index is 12.6. The number of carbonyl (C=O) groups is 2. The number of ether oxygens (including phenoxy) is 1. The van der Waals surface area contributed by atoms with E-state index in [0.717, 1.165) is 10.6 Å². The van der Waals surface area contributed by atoms with Crippen molar-refractivity contribution in [3.8, 4) is 5.75 Å². The Morgan fingerprint density at radius 3 is 2.03 bits per heavy atom. The summed E-state index contributed by atoms with van der Waals surface area (Å²) in [6.45, 7) is 1.83. The van der Waals surface area contributed by atoms with E-state index in [-0.39, 0.29) is 11.8 Å². The van der Waals surface area contributed by atoms with E-state index in [0.29, 0.717) is 29.1 Å². The van der Waals surface area contributed by atoms with Crippen LogP contribution in [0.2, 0.25) is 0 Å². The van der Waals surface area contributed by atoms with Crippen molar-refractivity contribution in [2.75, 3.05) is 37.0 Å². The van der Waals surface area contributed by atoms with Crippen LogP contribution in [-0.4, -0.2) is 58.6 Å². The fraction of sp³-hybridized carbons (Fsp3) is 0.333. The minimum absolute atomic E-state index is 0.118. The summed E-state index contributed by atoms with van der Waals surface area (Å²) in [4.78, 5) is 26.0. The van der Waals surface area contributed by atoms with Crippen LogP contribution in [0.15, 0.2) is 48.5 Å². The summed E-state index contributed by atoms with van der Waals surface area (Å²) >= 11 is 0. The zero-order valence-corrected chi connectivity index (χ0v) is 18.6. The van der Waals surface area contributed by atoms with Gasteiger partial charge in [-0.2, -0.15) is 0 Å². The summed E-state index contributed by atoms with van der Waals surface area (Å²) in [6.07, 6.45) is 0.831. The molecule has 1 N–H and O–H groups in total. The molecule has 2 amide bonds. The molecule has 9 heteroatoms. The molecular formula is C21H27N3O5S. The fourth-order valence-corrected chi connectivity index (χ4v) is 3.09. The fourth-order valence-electron chi connectivity index (χ4n) is 2.59. The molecule has 162 valence electrons. The molecule has 2 aromatic carbocycles. The van der Waals surface area contributed by atoms with Gasteiger partial charge in [-0.05, 0) is 55.0 Å². The molecule has 0 saturated heterocycles. The third kappa shape index (κ3) is 5.96. The molecule has 0 bridgehead atoms. The Morgan fingerprint density at radius 1 is 1.00 bits per heavy atom. The van der Waals surface area contributed by atoms with Crippen molar-refractivity contribution in [1.82, 2.24) is 4.90 Å². The van der Waals surface area contributed by atoms with Crippen LogP contribution in [0.1, 0.15) is 23.7 Å². The van der Waals surface area contributed by atoms with Gasteiger partial charge < -0.3 is 15.0 Å². The standard InChI is InChI=1S/C21H27N3O5S/c1-6-19(29-18-13-11-17(12-14-18)24(4)30(5,27)28)20(25)22-16-9-7-15(8-10-16)21(26)23(2)3/h7-14,19H,6H2,1-5H3,(H,22,25). The average Bonchev–Trinajstić information content (AvgIpc) is 2.71. The van der Waals surface area contributed by atoms with Crippen LogP contribution in [-0.2, 0) is 14.8 Å². The summed E-state index contributed by atoms with van der Waals surface area (Å²) in [6, 6.07) is 13.1. The van der Waals surface area contributed by atoms with Crippen LogP contribution in [0.3, 0.4) is 0 Å². The van der Waals surface area contributed by atoms with E-state index in [2.05, 4.69) is 5.32 Å². The normalized spacial score (nSPS) is 12.0. The van der Waals surface area contributed by atoms with E-state index in [1.54, 1.807) is 62.6 Å². The Hall–Kier alpha value is -3.07. The predicted molar refractivity (Wildman–Crippen MR) is 117 cm³/mol. The first kappa shape index (κ1) is 23.2. The highest BCUT2D eigenvalue weighted by atomic mass is 32.2. The second kappa shape index (κ2) is 9.62. The maximum Gasteiger partial charge on any atom is 0.265 e. The van der Waals surface area contributed by atoms with Crippen LogP contribution in [0.5, 0.6) is 5.75 Å². The zero-order valence-electron chi connectivity index (χ0n) is 17.7.